The van der Waals surface area contributed by atoms with Crippen molar-refractivity contribution < 1.29 is 13.9 Å². The van der Waals surface area contributed by atoms with Crippen molar-refractivity contribution in [1.29, 1.82) is 0 Å². The van der Waals surface area contributed by atoms with Gasteiger partial charge in [0, 0.05) is 21.4 Å². The van der Waals surface area contributed by atoms with E-state index in [0.29, 0.717) is 31.7 Å². The number of nitrogens with two attached hydrogens (primary N) is 2. The van der Waals surface area contributed by atoms with E-state index in [9.17, 15) is 8.42 Å². The average molecular weight is 658 g/mol. The van der Waals surface area contributed by atoms with Crippen LogP contribution >= 0.6 is 23.2 Å². The molecule has 2 heterocycles. The maximum Gasteiger partial charge on any atom is 0.197 e. The molecule has 0 saturated heterocycles. The molecule has 13 heteroatoms. The predicted octanol–water partition coefficient (Wildman–Crippen LogP) is 6.00. The van der Waals surface area contributed by atoms with Gasteiger partial charge in [0.15, 0.2) is 10.3 Å². The Hall–Kier alpha value is -3.74. The van der Waals surface area contributed by atoms with Crippen LogP contribution < -0.4 is 11.5 Å². The fourth-order valence-corrected chi connectivity index (χ4v) is 7.13. The molecule has 0 aliphatic heterocycles. The van der Waals surface area contributed by atoms with Crippen LogP contribution in [0.25, 0.3) is 22.1 Å². The van der Waals surface area contributed by atoms with Crippen LogP contribution in [0.1, 0.15) is 22.3 Å². The molecular weight excluding hydrogens is 627 g/mol. The fourth-order valence-electron chi connectivity index (χ4n) is 4.38. The second-order valence-corrected chi connectivity index (χ2v) is 13.3. The number of anilines is 2. The van der Waals surface area contributed by atoms with Gasteiger partial charge in [-0.2, -0.15) is 0 Å². The zero-order chi connectivity index (χ0) is 30.0. The minimum absolute atomic E-state index is 0. The Bertz CT molecular complexity index is 1770. The van der Waals surface area contributed by atoms with Crippen LogP contribution in [0.4, 0.5) is 11.4 Å². The van der Waals surface area contributed by atoms with Crippen LogP contribution in [-0.4, -0.2) is 33.8 Å². The lowest BCUT2D eigenvalue weighted by Crippen LogP contribution is -2.03. The first kappa shape index (κ1) is 32.2. The summed E-state index contributed by atoms with van der Waals surface area (Å²) in [5, 5.41) is 2.10. The number of nitrogens with zero attached hydrogens (tertiary/aromatic N) is 2. The van der Waals surface area contributed by atoms with Gasteiger partial charge in [0.1, 0.15) is 0 Å². The summed E-state index contributed by atoms with van der Waals surface area (Å²) in [4.78, 5) is 14.9. The van der Waals surface area contributed by atoms with Crippen LogP contribution in [0, 0.1) is 13.8 Å². The van der Waals surface area contributed by atoms with E-state index >= 15 is 0 Å². The largest absolute Gasteiger partial charge is 0.412 e. The molecule has 6 aromatic rings. The summed E-state index contributed by atoms with van der Waals surface area (Å²) in [6, 6.07) is 22.3. The van der Waals surface area contributed by atoms with Crippen molar-refractivity contribution in [1.82, 2.24) is 19.9 Å². The molecule has 0 aliphatic carbocycles. The van der Waals surface area contributed by atoms with Crippen LogP contribution in [0.2, 0.25) is 10.0 Å². The molecule has 0 saturated carbocycles. The van der Waals surface area contributed by atoms with Gasteiger partial charge in [-0.3, -0.25) is 8.42 Å². The average Bonchev–Trinajstić information content (AvgIpc) is 3.59. The van der Waals surface area contributed by atoms with Crippen molar-refractivity contribution in [3.63, 3.8) is 0 Å². The Balaban J connectivity index is 0.000000192. The first-order valence-corrected chi connectivity index (χ1v) is 16.2. The van der Waals surface area contributed by atoms with Crippen molar-refractivity contribution >= 4 is 78.2 Å². The quantitative estimate of drug-likeness (QED) is 0.160. The van der Waals surface area contributed by atoms with E-state index in [0.717, 1.165) is 44.3 Å². The fraction of sp³-hybridized carbons (Fsp3) is 0.133. The molecule has 2 unspecified atom stereocenters. The number of aryl methyl sites for hydroxylation is 2. The molecule has 0 radical (unpaired) electrons. The number of nitrogen functional groups attached to an aromatic ring is 2. The number of fused-ring (bicyclic) bond motifs is 2. The number of hydrogen-bond acceptors (Lipinski definition) is 6. The van der Waals surface area contributed by atoms with Crippen molar-refractivity contribution in [3.05, 3.63) is 105 Å². The van der Waals surface area contributed by atoms with E-state index in [1.165, 1.54) is 0 Å². The molecule has 0 fully saturated rings. The number of rotatable bonds is 6. The van der Waals surface area contributed by atoms with Crippen molar-refractivity contribution in [3.8, 4) is 0 Å². The van der Waals surface area contributed by atoms with E-state index in [-0.39, 0.29) is 17.0 Å². The summed E-state index contributed by atoms with van der Waals surface area (Å²) in [6.07, 6.45) is 0. The summed E-state index contributed by atoms with van der Waals surface area (Å²) in [5.41, 5.74) is 20.0. The number of halogens is 2. The van der Waals surface area contributed by atoms with Gasteiger partial charge in [0.05, 0.1) is 55.2 Å². The molecule has 0 spiro atoms. The SMILES string of the molecule is Cc1cc(Cl)cc(CS(=O)c2nc3ccccc3[nH]2)c1N.Cc1cc(Cl)cc(CS(=O)c2nc3ccccc3[nH]2)c1N.O. The highest BCUT2D eigenvalue weighted by Gasteiger charge is 2.15. The van der Waals surface area contributed by atoms with Gasteiger partial charge >= 0.3 is 0 Å². The zero-order valence-corrected chi connectivity index (χ0v) is 26.4. The second kappa shape index (κ2) is 13.7. The number of para-hydroxylation sites is 4. The highest BCUT2D eigenvalue weighted by Crippen LogP contribution is 2.27. The maximum absolute atomic E-state index is 12.5. The number of hydrogen-bond donors (Lipinski definition) is 4. The summed E-state index contributed by atoms with van der Waals surface area (Å²) in [5.74, 6) is 0.570. The van der Waals surface area contributed by atoms with Gasteiger partial charge in [0.25, 0.3) is 0 Å². The summed E-state index contributed by atoms with van der Waals surface area (Å²) >= 11 is 12.1. The molecule has 0 aliphatic rings. The Morgan fingerprint density at radius 2 is 1.05 bits per heavy atom. The van der Waals surface area contributed by atoms with Crippen molar-refractivity contribution in [2.24, 2.45) is 0 Å². The predicted molar refractivity (Wildman–Crippen MR) is 177 cm³/mol. The Labute approximate surface area is 263 Å². The lowest BCUT2D eigenvalue weighted by Gasteiger charge is -2.08. The number of imidazole rings is 2. The van der Waals surface area contributed by atoms with E-state index < -0.39 is 21.6 Å². The molecule has 8 N–H and O–H groups in total. The van der Waals surface area contributed by atoms with E-state index in [4.69, 9.17) is 34.7 Å². The molecule has 9 nitrogen and oxygen atoms in total. The van der Waals surface area contributed by atoms with Gasteiger partial charge in [-0.1, -0.05) is 47.5 Å². The summed E-state index contributed by atoms with van der Waals surface area (Å²) < 4.78 is 25.0. The monoisotopic (exact) mass is 656 g/mol. The minimum atomic E-state index is -1.30. The lowest BCUT2D eigenvalue weighted by molar-refractivity contribution is 0.676. The highest BCUT2D eigenvalue weighted by molar-refractivity contribution is 7.84. The van der Waals surface area contributed by atoms with E-state index in [1.54, 1.807) is 24.3 Å². The normalized spacial score (nSPS) is 12.4. The number of nitrogens with one attached hydrogen (secondary N) is 2. The Morgan fingerprint density at radius 1 is 0.674 bits per heavy atom. The van der Waals surface area contributed by atoms with Crippen LogP contribution in [0.3, 0.4) is 0 Å². The maximum atomic E-state index is 12.5. The van der Waals surface area contributed by atoms with Crippen molar-refractivity contribution in [2.45, 2.75) is 35.7 Å². The number of H-pyrrole nitrogens is 2. The van der Waals surface area contributed by atoms with E-state index in [2.05, 4.69) is 19.9 Å². The first-order chi connectivity index (χ1) is 20.1. The lowest BCUT2D eigenvalue weighted by atomic mass is 10.1. The molecule has 2 atom stereocenters. The third-order valence-corrected chi connectivity index (χ3v) is 9.45. The van der Waals surface area contributed by atoms with Crippen LogP contribution in [-0.2, 0) is 33.1 Å². The third-order valence-electron chi connectivity index (χ3n) is 6.61. The Morgan fingerprint density at radius 3 is 1.42 bits per heavy atom. The second-order valence-electron chi connectivity index (χ2n) is 9.69. The van der Waals surface area contributed by atoms with E-state index in [1.807, 2.05) is 62.4 Å². The summed E-state index contributed by atoms with van der Waals surface area (Å²) in [6.45, 7) is 3.77. The number of aromatic amines is 2. The molecule has 0 bridgehead atoms. The first-order valence-electron chi connectivity index (χ1n) is 12.8. The molecule has 224 valence electrons. The van der Waals surface area contributed by atoms with Crippen molar-refractivity contribution in [2.75, 3.05) is 11.5 Å². The van der Waals surface area contributed by atoms with Gasteiger partial charge in [0.2, 0.25) is 0 Å². The smallest absolute Gasteiger partial charge is 0.197 e. The van der Waals surface area contributed by atoms with Crippen LogP contribution in [0.5, 0.6) is 0 Å². The zero-order valence-electron chi connectivity index (χ0n) is 23.3. The summed E-state index contributed by atoms with van der Waals surface area (Å²) in [7, 11) is -2.60. The van der Waals surface area contributed by atoms with Gasteiger partial charge in [-0.25, -0.2) is 9.97 Å². The minimum Gasteiger partial charge on any atom is -0.412 e. The topological polar surface area (TPSA) is 175 Å². The standard InChI is InChI=1S/2C15H14ClN3OS.H2O/c2*1-9-6-11(16)7-10(14(9)17)8-21(20)15-18-12-4-2-3-5-13(12)19-15;/h2*2-7H,8,17H2,1H3,(H,18,19);1H2. The number of benzene rings is 4. The molecule has 6 rings (SSSR count). The van der Waals surface area contributed by atoms with Crippen LogP contribution in [0.15, 0.2) is 83.1 Å². The molecule has 43 heavy (non-hydrogen) atoms. The van der Waals surface area contributed by atoms with Gasteiger partial charge < -0.3 is 26.9 Å². The molecular formula is C30H30Cl2N6O3S2. The highest BCUT2D eigenvalue weighted by atomic mass is 35.5. The van der Waals surface area contributed by atoms with Gasteiger partial charge in [-0.15, -0.1) is 0 Å². The third kappa shape index (κ3) is 7.43. The van der Waals surface area contributed by atoms with Gasteiger partial charge in [-0.05, 0) is 84.6 Å². The molecule has 4 aromatic carbocycles. The molecule has 0 amide bonds. The Kier molecular flexibility index (Phi) is 10.3. The number of aromatic nitrogens is 4. The molecule has 2 aromatic heterocycles.